The van der Waals surface area contributed by atoms with Crippen molar-refractivity contribution in [1.29, 1.82) is 0 Å². The average Bonchev–Trinajstić information content (AvgIpc) is 1.88. The molecular formula is C3H4N6. The normalized spacial score (nSPS) is 10.2. The lowest BCUT2D eigenvalue weighted by Gasteiger charge is -1.87. The van der Waals surface area contributed by atoms with Gasteiger partial charge < -0.3 is 0 Å². The third kappa shape index (κ3) is 2.99. The highest BCUT2D eigenvalue weighted by Crippen LogP contribution is 1.93. The molecule has 0 bridgehead atoms. The van der Waals surface area contributed by atoms with Gasteiger partial charge in [-0.3, -0.25) is 0 Å². The summed E-state index contributed by atoms with van der Waals surface area (Å²) in [5, 5.41) is 6.15. The van der Waals surface area contributed by atoms with Crippen LogP contribution in [0.5, 0.6) is 0 Å². The maximum Gasteiger partial charge on any atom is 0.134 e. The van der Waals surface area contributed by atoms with Gasteiger partial charge in [0.2, 0.25) is 0 Å². The van der Waals surface area contributed by atoms with Gasteiger partial charge in [-0.15, -0.1) is 6.58 Å². The van der Waals surface area contributed by atoms with Crippen LogP contribution >= 0.6 is 0 Å². The molecule has 6 heteroatoms. The van der Waals surface area contributed by atoms with E-state index in [0.717, 1.165) is 0 Å². The number of rotatable bonds is 3. The molecule has 0 aromatic carbocycles. The van der Waals surface area contributed by atoms with Crippen molar-refractivity contribution in [2.75, 3.05) is 0 Å². The second-order valence-corrected chi connectivity index (χ2v) is 1.06. The van der Waals surface area contributed by atoms with Gasteiger partial charge >= 0.3 is 0 Å². The number of hydrogen-bond acceptors (Lipinski definition) is 2. The van der Waals surface area contributed by atoms with Crippen molar-refractivity contribution in [1.82, 2.24) is 0 Å². The molecule has 0 fully saturated rings. The van der Waals surface area contributed by atoms with E-state index in [1.54, 1.807) is 0 Å². The summed E-state index contributed by atoms with van der Waals surface area (Å²) in [7, 11) is 0. The van der Waals surface area contributed by atoms with Crippen LogP contribution in [0.3, 0.4) is 0 Å². The summed E-state index contributed by atoms with van der Waals surface area (Å²) in [6.45, 7) is 3.27. The van der Waals surface area contributed by atoms with Crippen LogP contribution in [0, 0.1) is 0 Å². The van der Waals surface area contributed by atoms with Crippen LogP contribution in [0.1, 0.15) is 0 Å². The quantitative estimate of drug-likeness (QED) is 0.238. The van der Waals surface area contributed by atoms with E-state index in [2.05, 4.69) is 26.6 Å². The first-order valence-corrected chi connectivity index (χ1v) is 2.06. The molecule has 0 aliphatic carbocycles. The van der Waals surface area contributed by atoms with Crippen LogP contribution < -0.4 is 0 Å². The molecule has 46 valence electrons. The Hall–Kier alpha value is -1.64. The first kappa shape index (κ1) is 7.36. The van der Waals surface area contributed by atoms with Crippen molar-refractivity contribution < 1.29 is 0 Å². The number of nitrogens with zero attached hydrogens (tertiary/aromatic N) is 6. The van der Waals surface area contributed by atoms with E-state index >= 15 is 0 Å². The molecule has 0 saturated heterocycles. The third-order valence-corrected chi connectivity index (χ3v) is 0.551. The monoisotopic (exact) mass is 124 g/mol. The van der Waals surface area contributed by atoms with Gasteiger partial charge in [0, 0.05) is 9.82 Å². The van der Waals surface area contributed by atoms with Crippen molar-refractivity contribution in [3.8, 4) is 0 Å². The fourth-order valence-electron chi connectivity index (χ4n) is 0.223. The Labute approximate surface area is 51.0 Å². The zero-order valence-corrected chi connectivity index (χ0v) is 4.55. The Morgan fingerprint density at radius 1 is 1.33 bits per heavy atom. The van der Waals surface area contributed by atoms with Crippen LogP contribution in [0.25, 0.3) is 20.9 Å². The zero-order valence-electron chi connectivity index (χ0n) is 4.55. The van der Waals surface area contributed by atoms with Gasteiger partial charge in [0.25, 0.3) is 0 Å². The third-order valence-electron chi connectivity index (χ3n) is 0.551. The minimum Gasteiger partial charge on any atom is -0.103 e. The predicted molar refractivity (Wildman–Crippen MR) is 32.3 cm³/mol. The lowest BCUT2D eigenvalue weighted by molar-refractivity contribution is 0.854. The lowest BCUT2D eigenvalue weighted by atomic mass is 10.5. The summed E-state index contributed by atoms with van der Waals surface area (Å²) in [5.74, 6) is 0. The summed E-state index contributed by atoms with van der Waals surface area (Å²) in [5.41, 5.74) is 15.6. The summed E-state index contributed by atoms with van der Waals surface area (Å²) in [4.78, 5) is 4.83. The summed E-state index contributed by atoms with van der Waals surface area (Å²) < 4.78 is 0. The Morgan fingerprint density at radius 3 is 2.00 bits per heavy atom. The second-order valence-electron chi connectivity index (χ2n) is 1.06. The Bertz CT molecular complexity index is 164. The molecule has 9 heavy (non-hydrogen) atoms. The Balaban J connectivity index is 4.14. The molecule has 0 aliphatic heterocycles. The zero-order chi connectivity index (χ0) is 7.11. The molecule has 0 unspecified atom stereocenters. The van der Waals surface area contributed by atoms with Crippen molar-refractivity contribution in [3.63, 3.8) is 0 Å². The van der Waals surface area contributed by atoms with Gasteiger partial charge in [-0.25, -0.2) is 0 Å². The molecular weight excluding hydrogens is 120 g/mol. The van der Waals surface area contributed by atoms with E-state index in [9.17, 15) is 0 Å². The van der Waals surface area contributed by atoms with E-state index in [1.165, 1.54) is 6.08 Å². The number of azide groups is 1. The Morgan fingerprint density at radius 2 is 1.78 bits per heavy atom. The molecule has 0 radical (unpaired) electrons. The largest absolute Gasteiger partial charge is 0.134 e. The van der Waals surface area contributed by atoms with Crippen molar-refractivity contribution in [2.45, 2.75) is 6.17 Å². The van der Waals surface area contributed by atoms with Gasteiger partial charge in [-0.05, 0) is 11.1 Å². The molecule has 0 amide bonds. The minimum atomic E-state index is -0.806. The molecule has 0 aromatic heterocycles. The maximum absolute atomic E-state index is 7.82. The molecule has 0 aliphatic rings. The van der Waals surface area contributed by atoms with Gasteiger partial charge in [0.15, 0.2) is 0 Å². The summed E-state index contributed by atoms with van der Waals surface area (Å²) in [6.07, 6.45) is 0.444. The lowest BCUT2D eigenvalue weighted by Crippen LogP contribution is -1.87. The predicted octanol–water partition coefficient (Wildman–Crippen LogP) is 2.12. The highest BCUT2D eigenvalue weighted by molar-refractivity contribution is 4.83. The molecule has 0 aromatic rings. The van der Waals surface area contributed by atoms with E-state index in [1.807, 2.05) is 0 Å². The van der Waals surface area contributed by atoms with Crippen LogP contribution in [-0.4, -0.2) is 6.17 Å². The topological polar surface area (TPSA) is 97.5 Å². The SMILES string of the molecule is C=CC(N=[N+]=[N-])N=[N+]=[N-]. The van der Waals surface area contributed by atoms with E-state index in [0.29, 0.717) is 0 Å². The van der Waals surface area contributed by atoms with Crippen LogP contribution in [0.4, 0.5) is 0 Å². The van der Waals surface area contributed by atoms with Crippen LogP contribution in [0.2, 0.25) is 0 Å². The molecule has 0 spiro atoms. The summed E-state index contributed by atoms with van der Waals surface area (Å²) >= 11 is 0. The first-order valence-electron chi connectivity index (χ1n) is 2.06. The maximum atomic E-state index is 7.82. The number of hydrogen-bond donors (Lipinski definition) is 0. The molecule has 0 atom stereocenters. The Kier molecular flexibility index (Phi) is 3.69. The molecule has 0 N–H and O–H groups in total. The average molecular weight is 124 g/mol. The van der Waals surface area contributed by atoms with E-state index < -0.39 is 6.17 Å². The van der Waals surface area contributed by atoms with Gasteiger partial charge in [-0.1, -0.05) is 16.3 Å². The van der Waals surface area contributed by atoms with E-state index in [-0.39, 0.29) is 0 Å². The van der Waals surface area contributed by atoms with Crippen LogP contribution in [0.15, 0.2) is 22.9 Å². The molecule has 6 nitrogen and oxygen atoms in total. The van der Waals surface area contributed by atoms with Crippen molar-refractivity contribution in [3.05, 3.63) is 33.5 Å². The van der Waals surface area contributed by atoms with Gasteiger partial charge in [-0.2, -0.15) is 0 Å². The molecule has 0 rings (SSSR count). The second kappa shape index (κ2) is 4.52. The highest BCUT2D eigenvalue weighted by atomic mass is 15.3. The standard InChI is InChI=1S/C3H4N6/c1-2-3(6-8-4)7-9-5/h2-3H,1H2. The van der Waals surface area contributed by atoms with Gasteiger partial charge in [0.05, 0.1) is 0 Å². The fraction of sp³-hybridized carbons (Fsp3) is 0.333. The van der Waals surface area contributed by atoms with Crippen molar-refractivity contribution >= 4 is 0 Å². The molecule has 0 heterocycles. The van der Waals surface area contributed by atoms with E-state index in [4.69, 9.17) is 11.1 Å². The smallest absolute Gasteiger partial charge is 0.103 e. The fourth-order valence-corrected chi connectivity index (χ4v) is 0.223. The minimum absolute atomic E-state index is 0.806. The van der Waals surface area contributed by atoms with Gasteiger partial charge in [0.1, 0.15) is 6.17 Å². The highest BCUT2D eigenvalue weighted by Gasteiger charge is 1.91. The summed E-state index contributed by atoms with van der Waals surface area (Å²) in [6, 6.07) is 0. The first-order chi connectivity index (χ1) is 4.35. The van der Waals surface area contributed by atoms with Crippen molar-refractivity contribution in [2.24, 2.45) is 10.2 Å². The van der Waals surface area contributed by atoms with Crippen LogP contribution in [-0.2, 0) is 0 Å². The molecule has 0 saturated carbocycles.